The van der Waals surface area contributed by atoms with E-state index in [2.05, 4.69) is 9.88 Å². The van der Waals surface area contributed by atoms with Gasteiger partial charge in [0, 0.05) is 32.6 Å². The van der Waals surface area contributed by atoms with Crippen LogP contribution in [0.1, 0.15) is 33.2 Å². The van der Waals surface area contributed by atoms with Gasteiger partial charge in [-0.25, -0.2) is 4.98 Å². The summed E-state index contributed by atoms with van der Waals surface area (Å²) in [4.78, 5) is 34.2. The molecule has 1 aromatic heterocycles. The number of para-hydroxylation sites is 2. The molecule has 1 aliphatic carbocycles. The Morgan fingerprint density at radius 1 is 1.14 bits per heavy atom. The van der Waals surface area contributed by atoms with Crippen LogP contribution >= 0.6 is 11.3 Å². The highest BCUT2D eigenvalue weighted by atomic mass is 32.1. The zero-order valence-electron chi connectivity index (χ0n) is 16.6. The predicted molar refractivity (Wildman–Crippen MR) is 110 cm³/mol. The normalized spacial score (nSPS) is 17.1. The van der Waals surface area contributed by atoms with Crippen molar-refractivity contribution in [2.24, 2.45) is 0 Å². The van der Waals surface area contributed by atoms with E-state index in [9.17, 15) is 9.59 Å². The number of carbonyl (C=O) groups excluding carboxylic acids is 2. The number of rotatable bonds is 6. The molecule has 1 aromatic carbocycles. The maximum absolute atomic E-state index is 12.5. The van der Waals surface area contributed by atoms with Gasteiger partial charge in [0.25, 0.3) is 5.91 Å². The molecule has 0 bridgehead atoms. The number of carbonyl (C=O) groups is 2. The Morgan fingerprint density at radius 3 is 2.62 bits per heavy atom. The summed E-state index contributed by atoms with van der Waals surface area (Å²) in [6.07, 6.45) is 2.46. The standard InChI is InChI=1S/C21H25N3O4S/c1-27-17-7-2-3-8-18(17)28-14-20(26)24-11-9-23(10-12-24)13-19-22-15-5-4-6-16(25)21(15)29-19/h2-3,7-8H,4-6,9-14H2,1H3. The first-order chi connectivity index (χ1) is 14.1. The van der Waals surface area contributed by atoms with E-state index in [1.807, 2.05) is 23.1 Å². The number of ether oxygens (including phenoxy) is 2. The van der Waals surface area contributed by atoms with Gasteiger partial charge in [-0.15, -0.1) is 11.3 Å². The van der Waals surface area contributed by atoms with Crippen LogP contribution in [0.4, 0.5) is 0 Å². The van der Waals surface area contributed by atoms with E-state index in [1.54, 1.807) is 13.2 Å². The number of hydrogen-bond acceptors (Lipinski definition) is 7. The highest BCUT2D eigenvalue weighted by Crippen LogP contribution is 2.28. The van der Waals surface area contributed by atoms with Crippen molar-refractivity contribution in [3.63, 3.8) is 0 Å². The van der Waals surface area contributed by atoms with Crippen LogP contribution < -0.4 is 9.47 Å². The highest BCUT2D eigenvalue weighted by molar-refractivity contribution is 7.13. The van der Waals surface area contributed by atoms with Gasteiger partial charge in [0.2, 0.25) is 0 Å². The molecule has 0 radical (unpaired) electrons. The summed E-state index contributed by atoms with van der Waals surface area (Å²) in [5, 5.41) is 1.00. The molecule has 0 N–H and O–H groups in total. The fourth-order valence-corrected chi connectivity index (χ4v) is 4.82. The minimum Gasteiger partial charge on any atom is -0.493 e. The second-order valence-corrected chi connectivity index (χ2v) is 8.34. The predicted octanol–water partition coefficient (Wildman–Crippen LogP) is 2.39. The molecule has 1 amide bonds. The largest absolute Gasteiger partial charge is 0.493 e. The third-order valence-electron chi connectivity index (χ3n) is 5.32. The molecule has 29 heavy (non-hydrogen) atoms. The minimum atomic E-state index is -0.0223. The Morgan fingerprint density at radius 2 is 1.90 bits per heavy atom. The maximum atomic E-state index is 12.5. The first-order valence-corrected chi connectivity index (χ1v) is 10.7. The smallest absolute Gasteiger partial charge is 0.260 e. The third kappa shape index (κ3) is 4.59. The van der Waals surface area contributed by atoms with Gasteiger partial charge in [0.15, 0.2) is 23.9 Å². The Labute approximate surface area is 174 Å². The van der Waals surface area contributed by atoms with Crippen LogP contribution in [0.2, 0.25) is 0 Å². The summed E-state index contributed by atoms with van der Waals surface area (Å²) in [6.45, 7) is 3.65. The quantitative estimate of drug-likeness (QED) is 0.722. The van der Waals surface area contributed by atoms with Gasteiger partial charge in [0.05, 0.1) is 24.2 Å². The van der Waals surface area contributed by atoms with E-state index in [-0.39, 0.29) is 18.3 Å². The zero-order valence-corrected chi connectivity index (χ0v) is 17.4. The number of fused-ring (bicyclic) bond motifs is 1. The van der Waals surface area contributed by atoms with E-state index >= 15 is 0 Å². The van der Waals surface area contributed by atoms with E-state index < -0.39 is 0 Å². The van der Waals surface area contributed by atoms with Crippen LogP contribution in [-0.2, 0) is 17.8 Å². The van der Waals surface area contributed by atoms with Crippen molar-refractivity contribution in [1.29, 1.82) is 0 Å². The highest BCUT2D eigenvalue weighted by Gasteiger charge is 2.25. The number of aryl methyl sites for hydroxylation is 1. The van der Waals surface area contributed by atoms with Crippen molar-refractivity contribution < 1.29 is 19.1 Å². The molecule has 2 aromatic rings. The topological polar surface area (TPSA) is 72.0 Å². The summed E-state index contributed by atoms with van der Waals surface area (Å²) in [5.74, 6) is 1.41. The lowest BCUT2D eigenvalue weighted by Crippen LogP contribution is -2.49. The molecule has 0 unspecified atom stereocenters. The number of hydrogen-bond donors (Lipinski definition) is 0. The molecular formula is C21H25N3O4S. The van der Waals surface area contributed by atoms with Gasteiger partial charge in [-0.05, 0) is 25.0 Å². The molecule has 1 aliphatic heterocycles. The van der Waals surface area contributed by atoms with Crippen LogP contribution in [0.3, 0.4) is 0 Å². The van der Waals surface area contributed by atoms with Crippen molar-refractivity contribution in [3.05, 3.63) is 39.8 Å². The minimum absolute atomic E-state index is 0.00167. The molecule has 1 saturated heterocycles. The lowest BCUT2D eigenvalue weighted by molar-refractivity contribution is -0.135. The lowest BCUT2D eigenvalue weighted by atomic mass is 10.0. The van der Waals surface area contributed by atoms with Crippen LogP contribution in [0, 0.1) is 0 Å². The second-order valence-electron chi connectivity index (χ2n) is 7.26. The molecular weight excluding hydrogens is 390 g/mol. The number of methoxy groups -OCH3 is 1. The van der Waals surface area contributed by atoms with E-state index in [0.29, 0.717) is 31.0 Å². The maximum Gasteiger partial charge on any atom is 0.260 e. The molecule has 0 atom stereocenters. The fourth-order valence-electron chi connectivity index (χ4n) is 3.70. The molecule has 0 saturated carbocycles. The number of amides is 1. The molecule has 2 aliphatic rings. The van der Waals surface area contributed by atoms with Crippen molar-refractivity contribution in [2.45, 2.75) is 25.8 Å². The lowest BCUT2D eigenvalue weighted by Gasteiger charge is -2.34. The van der Waals surface area contributed by atoms with Gasteiger partial charge >= 0.3 is 0 Å². The third-order valence-corrected chi connectivity index (χ3v) is 6.44. The molecule has 154 valence electrons. The van der Waals surface area contributed by atoms with Gasteiger partial charge in [-0.1, -0.05) is 12.1 Å². The number of nitrogens with zero attached hydrogens (tertiary/aromatic N) is 3. The molecule has 7 nitrogen and oxygen atoms in total. The first-order valence-electron chi connectivity index (χ1n) is 9.92. The van der Waals surface area contributed by atoms with Crippen LogP contribution in [0.5, 0.6) is 11.5 Å². The Hall–Kier alpha value is -2.45. The average Bonchev–Trinajstić information content (AvgIpc) is 3.16. The monoisotopic (exact) mass is 415 g/mol. The van der Waals surface area contributed by atoms with Gasteiger partial charge < -0.3 is 14.4 Å². The Balaban J connectivity index is 1.26. The van der Waals surface area contributed by atoms with Crippen LogP contribution in [-0.4, -0.2) is 66.4 Å². The summed E-state index contributed by atoms with van der Waals surface area (Å²) in [7, 11) is 1.58. The van der Waals surface area contributed by atoms with E-state index in [4.69, 9.17) is 9.47 Å². The number of Topliss-reactive ketones (excluding diaryl/α,β-unsaturated/α-hetero) is 1. The van der Waals surface area contributed by atoms with Gasteiger partial charge in [0.1, 0.15) is 5.01 Å². The molecule has 2 heterocycles. The first kappa shape index (κ1) is 19.8. The summed E-state index contributed by atoms with van der Waals surface area (Å²) < 4.78 is 10.9. The number of ketones is 1. The second kappa shape index (κ2) is 8.92. The van der Waals surface area contributed by atoms with Crippen LogP contribution in [0.15, 0.2) is 24.3 Å². The number of piperazine rings is 1. The molecule has 1 fully saturated rings. The average molecular weight is 416 g/mol. The summed E-state index contributed by atoms with van der Waals surface area (Å²) >= 11 is 1.54. The molecule has 8 heteroatoms. The van der Waals surface area contributed by atoms with E-state index in [0.717, 1.165) is 48.1 Å². The van der Waals surface area contributed by atoms with Crippen LogP contribution in [0.25, 0.3) is 0 Å². The SMILES string of the molecule is COc1ccccc1OCC(=O)N1CCN(Cc2nc3c(s2)C(=O)CCC3)CC1. The number of benzene rings is 1. The fraction of sp³-hybridized carbons (Fsp3) is 0.476. The summed E-state index contributed by atoms with van der Waals surface area (Å²) in [5.41, 5.74) is 0.976. The Kier molecular flexibility index (Phi) is 6.10. The van der Waals surface area contributed by atoms with Gasteiger partial charge in [-0.3, -0.25) is 14.5 Å². The summed E-state index contributed by atoms with van der Waals surface area (Å²) in [6, 6.07) is 7.32. The van der Waals surface area contributed by atoms with Gasteiger partial charge in [-0.2, -0.15) is 0 Å². The van der Waals surface area contributed by atoms with Crippen molar-refractivity contribution in [1.82, 2.24) is 14.8 Å². The van der Waals surface area contributed by atoms with E-state index in [1.165, 1.54) is 11.3 Å². The van der Waals surface area contributed by atoms with Crippen molar-refractivity contribution >= 4 is 23.0 Å². The number of thiazole rings is 1. The Bertz CT molecular complexity index is 890. The van der Waals surface area contributed by atoms with Crippen molar-refractivity contribution in [3.8, 4) is 11.5 Å². The van der Waals surface area contributed by atoms with Crippen molar-refractivity contribution in [2.75, 3.05) is 39.9 Å². The molecule has 0 spiro atoms. The zero-order chi connectivity index (χ0) is 20.2. The number of aromatic nitrogens is 1. The molecule has 4 rings (SSSR count).